The number of nitrogens with one attached hydrogen (secondary N) is 1. The van der Waals surface area contributed by atoms with E-state index in [4.69, 9.17) is 5.26 Å². The van der Waals surface area contributed by atoms with E-state index >= 15 is 0 Å². The van der Waals surface area contributed by atoms with Crippen molar-refractivity contribution >= 4 is 5.91 Å². The molecule has 2 aromatic rings. The summed E-state index contributed by atoms with van der Waals surface area (Å²) in [5.41, 5.74) is -0.330. The molecule has 0 aromatic carbocycles. The molecular weight excluding hydrogens is 335 g/mol. The van der Waals surface area contributed by atoms with Crippen molar-refractivity contribution in [2.24, 2.45) is 5.92 Å². The number of carbonyl (C=O) groups excluding carboxylic acids is 1. The number of hydrogen-bond acceptors (Lipinski definition) is 4. The Balaban J connectivity index is 1.58. The molecule has 0 bridgehead atoms. The van der Waals surface area contributed by atoms with Gasteiger partial charge in [-0.25, -0.2) is 9.97 Å². The number of nitrogens with zero attached hydrogens (tertiary/aromatic N) is 4. The number of nitriles is 1. The number of carbonyl (C=O) groups is 1. The van der Waals surface area contributed by atoms with E-state index in [9.17, 15) is 18.0 Å². The van der Waals surface area contributed by atoms with Gasteiger partial charge in [-0.2, -0.15) is 18.4 Å². The van der Waals surface area contributed by atoms with Gasteiger partial charge in [0.1, 0.15) is 17.6 Å². The topological polar surface area (TPSA) is 83.6 Å². The number of alkyl halides is 3. The maximum Gasteiger partial charge on any atom is 0.434 e. The van der Waals surface area contributed by atoms with Gasteiger partial charge in [-0.05, 0) is 24.5 Å². The molecule has 1 aliphatic rings. The first-order valence-corrected chi connectivity index (χ1v) is 7.64. The van der Waals surface area contributed by atoms with E-state index in [2.05, 4.69) is 15.3 Å². The van der Waals surface area contributed by atoms with E-state index in [0.717, 1.165) is 6.20 Å². The van der Waals surface area contributed by atoms with Crippen LogP contribution in [0.4, 0.5) is 13.2 Å². The summed E-state index contributed by atoms with van der Waals surface area (Å²) in [6.45, 7) is 0.707. The van der Waals surface area contributed by atoms with Gasteiger partial charge < -0.3 is 9.88 Å². The Kier molecular flexibility index (Phi) is 4.44. The van der Waals surface area contributed by atoms with Crippen LogP contribution in [0.3, 0.4) is 0 Å². The van der Waals surface area contributed by atoms with Gasteiger partial charge in [-0.15, -0.1) is 0 Å². The number of fused-ring (bicyclic) bond motifs is 1. The number of rotatable bonds is 3. The van der Waals surface area contributed by atoms with Gasteiger partial charge in [0.25, 0.3) is 5.91 Å². The van der Waals surface area contributed by atoms with Gasteiger partial charge in [0.05, 0.1) is 5.56 Å². The van der Waals surface area contributed by atoms with E-state index in [0.29, 0.717) is 37.3 Å². The average molecular weight is 349 g/mol. The van der Waals surface area contributed by atoms with Crippen LogP contribution in [0, 0.1) is 17.2 Å². The molecule has 130 valence electrons. The lowest BCUT2D eigenvalue weighted by Crippen LogP contribution is -2.34. The second-order valence-electron chi connectivity index (χ2n) is 5.85. The first kappa shape index (κ1) is 17.0. The van der Waals surface area contributed by atoms with Crippen molar-refractivity contribution in [2.75, 3.05) is 6.54 Å². The Morgan fingerprint density at radius 3 is 2.88 bits per heavy atom. The minimum Gasteiger partial charge on any atom is -0.350 e. The standard InChI is InChI=1S/C16H14F3N5O/c17-16(18,19)13-9-24-8-11(2-4-14(24)23-13)7-22-15(25)12-3-1-10(5-20)6-21-12/h1,3,6,9,11H,2,4,7-8H2,(H,22,25). The molecule has 0 spiro atoms. The lowest BCUT2D eigenvalue weighted by atomic mass is 9.99. The number of aromatic nitrogens is 3. The number of halogens is 3. The van der Waals surface area contributed by atoms with Crippen LogP contribution >= 0.6 is 0 Å². The molecule has 0 radical (unpaired) electrons. The molecule has 6 nitrogen and oxygen atoms in total. The highest BCUT2D eigenvalue weighted by Crippen LogP contribution is 2.30. The number of pyridine rings is 1. The maximum absolute atomic E-state index is 12.7. The Labute approximate surface area is 141 Å². The van der Waals surface area contributed by atoms with Gasteiger partial charge in [-0.3, -0.25) is 4.79 Å². The molecule has 1 aliphatic heterocycles. The Morgan fingerprint density at radius 1 is 1.44 bits per heavy atom. The minimum atomic E-state index is -4.45. The molecule has 1 amide bonds. The summed E-state index contributed by atoms with van der Waals surface area (Å²) in [6, 6.07) is 4.87. The average Bonchev–Trinajstić information content (AvgIpc) is 3.03. The van der Waals surface area contributed by atoms with Crippen molar-refractivity contribution in [2.45, 2.75) is 25.6 Å². The summed E-state index contributed by atoms with van der Waals surface area (Å²) in [5.74, 6) is 0.0608. The molecule has 0 fully saturated rings. The van der Waals surface area contributed by atoms with Crippen molar-refractivity contribution in [3.8, 4) is 6.07 Å². The van der Waals surface area contributed by atoms with Gasteiger partial charge in [-0.1, -0.05) is 0 Å². The highest BCUT2D eigenvalue weighted by Gasteiger charge is 2.35. The fourth-order valence-corrected chi connectivity index (χ4v) is 2.74. The van der Waals surface area contributed by atoms with E-state index in [-0.39, 0.29) is 17.5 Å². The highest BCUT2D eigenvalue weighted by molar-refractivity contribution is 5.92. The Morgan fingerprint density at radius 2 is 2.24 bits per heavy atom. The molecule has 9 heteroatoms. The number of imidazole rings is 1. The second kappa shape index (κ2) is 6.55. The van der Waals surface area contributed by atoms with Gasteiger partial charge in [0, 0.05) is 31.9 Å². The number of aryl methyl sites for hydroxylation is 1. The van der Waals surface area contributed by atoms with Crippen LogP contribution < -0.4 is 5.32 Å². The molecule has 0 saturated carbocycles. The zero-order chi connectivity index (χ0) is 18.0. The molecule has 25 heavy (non-hydrogen) atoms. The molecule has 3 rings (SSSR count). The fourth-order valence-electron chi connectivity index (χ4n) is 2.74. The van der Waals surface area contributed by atoms with Crippen LogP contribution in [-0.4, -0.2) is 27.0 Å². The van der Waals surface area contributed by atoms with Crippen molar-refractivity contribution in [1.82, 2.24) is 19.9 Å². The van der Waals surface area contributed by atoms with Crippen molar-refractivity contribution in [3.63, 3.8) is 0 Å². The summed E-state index contributed by atoms with van der Waals surface area (Å²) in [7, 11) is 0. The van der Waals surface area contributed by atoms with Gasteiger partial charge in [0.2, 0.25) is 0 Å². The van der Waals surface area contributed by atoms with Crippen LogP contribution in [0.5, 0.6) is 0 Å². The lowest BCUT2D eigenvalue weighted by Gasteiger charge is -2.23. The van der Waals surface area contributed by atoms with Crippen LogP contribution in [0.1, 0.15) is 34.0 Å². The smallest absolute Gasteiger partial charge is 0.350 e. The molecule has 1 unspecified atom stereocenters. The van der Waals surface area contributed by atoms with Crippen LogP contribution in [-0.2, 0) is 19.1 Å². The van der Waals surface area contributed by atoms with E-state index in [1.165, 1.54) is 22.9 Å². The second-order valence-corrected chi connectivity index (χ2v) is 5.85. The quantitative estimate of drug-likeness (QED) is 0.920. The van der Waals surface area contributed by atoms with E-state index in [1.54, 1.807) is 0 Å². The van der Waals surface area contributed by atoms with Crippen LogP contribution in [0.2, 0.25) is 0 Å². The van der Waals surface area contributed by atoms with E-state index < -0.39 is 11.9 Å². The molecule has 0 aliphatic carbocycles. The van der Waals surface area contributed by atoms with Gasteiger partial charge >= 0.3 is 6.18 Å². The zero-order valence-corrected chi connectivity index (χ0v) is 13.0. The molecule has 1 N–H and O–H groups in total. The third-order valence-corrected chi connectivity index (χ3v) is 4.06. The SMILES string of the molecule is N#Cc1ccc(C(=O)NCC2CCc3nc(C(F)(F)F)cn3C2)nc1. The van der Waals surface area contributed by atoms with Crippen molar-refractivity contribution < 1.29 is 18.0 Å². The predicted molar refractivity (Wildman–Crippen MR) is 80.3 cm³/mol. The predicted octanol–water partition coefficient (Wildman–Crippen LogP) is 2.16. The molecule has 2 aromatic heterocycles. The zero-order valence-electron chi connectivity index (χ0n) is 13.0. The molecular formula is C16H14F3N5O. The highest BCUT2D eigenvalue weighted by atomic mass is 19.4. The van der Waals surface area contributed by atoms with Gasteiger partial charge in [0.15, 0.2) is 5.69 Å². The lowest BCUT2D eigenvalue weighted by molar-refractivity contribution is -0.141. The third-order valence-electron chi connectivity index (χ3n) is 4.06. The van der Waals surface area contributed by atoms with Crippen LogP contribution in [0.15, 0.2) is 24.5 Å². The van der Waals surface area contributed by atoms with Crippen molar-refractivity contribution in [3.05, 3.63) is 47.3 Å². The Hall–Kier alpha value is -2.89. The van der Waals surface area contributed by atoms with E-state index in [1.807, 2.05) is 6.07 Å². The summed E-state index contributed by atoms with van der Waals surface area (Å²) in [4.78, 5) is 19.6. The van der Waals surface area contributed by atoms with Crippen molar-refractivity contribution in [1.29, 1.82) is 5.26 Å². The molecule has 0 saturated heterocycles. The molecule has 3 heterocycles. The summed E-state index contributed by atoms with van der Waals surface area (Å²) in [5, 5.41) is 11.4. The Bertz CT molecular complexity index is 820. The number of amides is 1. The summed E-state index contributed by atoms with van der Waals surface area (Å²) in [6.07, 6.45) is -1.03. The van der Waals surface area contributed by atoms with Crippen LogP contribution in [0.25, 0.3) is 0 Å². The fraction of sp³-hybridized carbons (Fsp3) is 0.375. The summed E-state index contributed by atoms with van der Waals surface area (Å²) >= 11 is 0. The maximum atomic E-state index is 12.7. The largest absolute Gasteiger partial charge is 0.434 e. The monoisotopic (exact) mass is 349 g/mol. The first-order chi connectivity index (χ1) is 11.9. The first-order valence-electron chi connectivity index (χ1n) is 7.64. The molecule has 1 atom stereocenters. The third kappa shape index (κ3) is 3.79. The summed E-state index contributed by atoms with van der Waals surface area (Å²) < 4.78 is 39.6. The number of hydrogen-bond donors (Lipinski definition) is 1. The minimum absolute atomic E-state index is 0.0186. The normalized spacial score (nSPS) is 16.8.